The third kappa shape index (κ3) is 5.51. The van der Waals surface area contributed by atoms with E-state index in [0.29, 0.717) is 19.4 Å². The van der Waals surface area contributed by atoms with E-state index in [1.165, 1.54) is 5.06 Å². The zero-order valence-electron chi connectivity index (χ0n) is 13.3. The van der Waals surface area contributed by atoms with Gasteiger partial charge in [0.15, 0.2) is 0 Å². The number of nitrogens with one attached hydrogen (secondary N) is 1. The average Bonchev–Trinajstić information content (AvgIpc) is 2.84. The van der Waals surface area contributed by atoms with Crippen LogP contribution in [0.4, 0.5) is 0 Å². The van der Waals surface area contributed by atoms with E-state index < -0.39 is 47.7 Å². The van der Waals surface area contributed by atoms with Gasteiger partial charge in [0.2, 0.25) is 5.91 Å². The van der Waals surface area contributed by atoms with E-state index >= 15 is 0 Å². The Morgan fingerprint density at radius 3 is 2.35 bits per heavy atom. The van der Waals surface area contributed by atoms with E-state index in [2.05, 4.69) is 5.32 Å². The Kier molecular flexibility index (Phi) is 6.08. The number of carboxylic acid groups (broad SMARTS) is 2. The number of hydroxylamine groups is 2. The SMILES string of the molecule is CC(C)(C)C(=O)ON1CCC[C@@H]1C(=O)N[C@@H](CC(=O)[O-])C(=O)[O-]. The van der Waals surface area contributed by atoms with E-state index in [1.807, 2.05) is 0 Å². The molecule has 1 aliphatic rings. The van der Waals surface area contributed by atoms with E-state index in [9.17, 15) is 29.4 Å². The molecule has 2 atom stereocenters. The molecule has 1 heterocycles. The lowest BCUT2D eigenvalue weighted by molar-refractivity contribution is -0.317. The van der Waals surface area contributed by atoms with Gasteiger partial charge >= 0.3 is 5.97 Å². The summed E-state index contributed by atoms with van der Waals surface area (Å²) in [5.41, 5.74) is -0.758. The largest absolute Gasteiger partial charge is 0.550 e. The predicted molar refractivity (Wildman–Crippen MR) is 71.8 cm³/mol. The summed E-state index contributed by atoms with van der Waals surface area (Å²) in [6, 6.07) is -2.57. The van der Waals surface area contributed by atoms with Crippen LogP contribution in [0.2, 0.25) is 0 Å². The van der Waals surface area contributed by atoms with Crippen molar-refractivity contribution >= 4 is 23.8 Å². The van der Waals surface area contributed by atoms with Crippen molar-refractivity contribution in [2.75, 3.05) is 6.54 Å². The van der Waals surface area contributed by atoms with Gasteiger partial charge in [-0.05, 0) is 33.6 Å². The van der Waals surface area contributed by atoms with Crippen LogP contribution in [0.5, 0.6) is 0 Å². The molecule has 1 fully saturated rings. The zero-order chi connectivity index (χ0) is 17.8. The number of amides is 1. The first-order valence-corrected chi connectivity index (χ1v) is 7.22. The summed E-state index contributed by atoms with van der Waals surface area (Å²) in [6.45, 7) is 5.31. The Hall–Kier alpha value is -2.16. The molecule has 0 aromatic carbocycles. The molecule has 1 amide bonds. The van der Waals surface area contributed by atoms with Gasteiger partial charge < -0.3 is 30.0 Å². The number of carbonyl (C=O) groups is 4. The van der Waals surface area contributed by atoms with Crippen molar-refractivity contribution in [3.63, 3.8) is 0 Å². The molecule has 1 saturated heterocycles. The molecular weight excluding hydrogens is 308 g/mol. The van der Waals surface area contributed by atoms with Crippen molar-refractivity contribution in [2.24, 2.45) is 5.41 Å². The quantitative estimate of drug-likeness (QED) is 0.557. The Morgan fingerprint density at radius 2 is 1.87 bits per heavy atom. The van der Waals surface area contributed by atoms with Gasteiger partial charge in [0, 0.05) is 18.9 Å². The van der Waals surface area contributed by atoms with Crippen molar-refractivity contribution in [1.82, 2.24) is 10.4 Å². The molecule has 0 aliphatic carbocycles. The summed E-state index contributed by atoms with van der Waals surface area (Å²) in [5, 5.41) is 24.6. The van der Waals surface area contributed by atoms with Gasteiger partial charge in [0.05, 0.1) is 17.4 Å². The van der Waals surface area contributed by atoms with Crippen molar-refractivity contribution in [3.8, 4) is 0 Å². The van der Waals surface area contributed by atoms with Gasteiger partial charge in [0.1, 0.15) is 6.04 Å². The van der Waals surface area contributed by atoms with Crippen LogP contribution in [0.15, 0.2) is 0 Å². The first kappa shape index (κ1) is 18.9. The predicted octanol–water partition coefficient (Wildman–Crippen LogP) is -2.67. The molecule has 1 aliphatic heterocycles. The Balaban J connectivity index is 2.71. The molecule has 23 heavy (non-hydrogen) atoms. The molecule has 0 aromatic heterocycles. The highest BCUT2D eigenvalue weighted by Gasteiger charge is 2.37. The Labute approximate surface area is 133 Å². The highest BCUT2D eigenvalue weighted by atomic mass is 16.7. The lowest BCUT2D eigenvalue weighted by atomic mass is 9.98. The minimum absolute atomic E-state index is 0.330. The van der Waals surface area contributed by atoms with Crippen molar-refractivity contribution in [3.05, 3.63) is 0 Å². The van der Waals surface area contributed by atoms with Crippen LogP contribution in [0.1, 0.15) is 40.0 Å². The van der Waals surface area contributed by atoms with Crippen LogP contribution >= 0.6 is 0 Å². The Bertz CT molecular complexity index is 498. The fraction of sp³-hybridized carbons (Fsp3) is 0.714. The topological polar surface area (TPSA) is 139 Å². The van der Waals surface area contributed by atoms with Crippen LogP contribution in [-0.2, 0) is 24.0 Å². The Morgan fingerprint density at radius 1 is 1.26 bits per heavy atom. The maximum atomic E-state index is 12.1. The lowest BCUT2D eigenvalue weighted by Gasteiger charge is -2.28. The average molecular weight is 328 g/mol. The number of rotatable bonds is 6. The van der Waals surface area contributed by atoms with Crippen molar-refractivity contribution in [1.29, 1.82) is 0 Å². The molecule has 0 unspecified atom stereocenters. The van der Waals surface area contributed by atoms with Gasteiger partial charge in [-0.15, -0.1) is 5.06 Å². The van der Waals surface area contributed by atoms with Crippen LogP contribution in [-0.4, -0.2) is 47.5 Å². The van der Waals surface area contributed by atoms with Crippen molar-refractivity contribution in [2.45, 2.75) is 52.1 Å². The second-order valence-corrected chi connectivity index (χ2v) is 6.38. The standard InChI is InChI=1S/C14H22N2O7/c1-14(2,3)13(22)23-16-6-4-5-9(16)11(19)15-8(12(20)21)7-10(17)18/h8-9H,4-7H2,1-3H3,(H,15,19)(H,17,18)(H,20,21)/p-2/t8-,9+/m0/s1. The molecule has 1 rings (SSSR count). The molecule has 9 heteroatoms. The second kappa shape index (κ2) is 7.40. The highest BCUT2D eigenvalue weighted by Crippen LogP contribution is 2.22. The molecule has 0 spiro atoms. The molecule has 130 valence electrons. The molecule has 1 N–H and O–H groups in total. The highest BCUT2D eigenvalue weighted by molar-refractivity contribution is 5.88. The van der Waals surface area contributed by atoms with Gasteiger partial charge in [-0.1, -0.05) is 0 Å². The first-order chi connectivity index (χ1) is 10.5. The van der Waals surface area contributed by atoms with Crippen LogP contribution in [0.3, 0.4) is 0 Å². The third-order valence-electron chi connectivity index (χ3n) is 3.29. The second-order valence-electron chi connectivity index (χ2n) is 6.38. The fourth-order valence-electron chi connectivity index (χ4n) is 1.98. The molecule has 0 radical (unpaired) electrons. The number of hydrogen-bond acceptors (Lipinski definition) is 8. The smallest absolute Gasteiger partial charge is 0.330 e. The molecule has 0 saturated carbocycles. The minimum atomic E-state index is -1.72. The summed E-state index contributed by atoms with van der Waals surface area (Å²) < 4.78 is 0. The minimum Gasteiger partial charge on any atom is -0.550 e. The van der Waals surface area contributed by atoms with E-state index in [0.717, 1.165) is 0 Å². The third-order valence-corrected chi connectivity index (χ3v) is 3.29. The van der Waals surface area contributed by atoms with Gasteiger partial charge in [0.25, 0.3) is 0 Å². The van der Waals surface area contributed by atoms with Crippen LogP contribution in [0.25, 0.3) is 0 Å². The summed E-state index contributed by atoms with van der Waals surface area (Å²) in [7, 11) is 0. The monoisotopic (exact) mass is 328 g/mol. The number of hydrogen-bond donors (Lipinski definition) is 1. The van der Waals surface area contributed by atoms with E-state index in [4.69, 9.17) is 4.84 Å². The van der Waals surface area contributed by atoms with Crippen LogP contribution < -0.4 is 15.5 Å². The number of carboxylic acids is 2. The molecular formula is C14H20N2O7-2. The number of carbonyl (C=O) groups excluding carboxylic acids is 4. The summed E-state index contributed by atoms with van der Waals surface area (Å²) in [6.07, 6.45) is 0.0307. The number of aliphatic carboxylic acids is 2. The maximum Gasteiger partial charge on any atom is 0.330 e. The van der Waals surface area contributed by atoms with Crippen LogP contribution in [0, 0.1) is 5.41 Å². The maximum absolute atomic E-state index is 12.1. The molecule has 9 nitrogen and oxygen atoms in total. The van der Waals surface area contributed by atoms with Gasteiger partial charge in [-0.25, -0.2) is 4.79 Å². The van der Waals surface area contributed by atoms with E-state index in [-0.39, 0.29) is 0 Å². The first-order valence-electron chi connectivity index (χ1n) is 7.22. The van der Waals surface area contributed by atoms with Gasteiger partial charge in [-0.2, -0.15) is 0 Å². The summed E-state index contributed by atoms with van der Waals surface area (Å²) >= 11 is 0. The summed E-state index contributed by atoms with van der Waals surface area (Å²) in [4.78, 5) is 50.6. The lowest BCUT2D eigenvalue weighted by Crippen LogP contribution is -2.54. The zero-order valence-corrected chi connectivity index (χ0v) is 13.3. The number of nitrogens with zero attached hydrogens (tertiary/aromatic N) is 1. The molecule has 0 bridgehead atoms. The molecule has 0 aromatic rings. The van der Waals surface area contributed by atoms with Gasteiger partial charge in [-0.3, -0.25) is 4.79 Å². The summed E-state index contributed by atoms with van der Waals surface area (Å²) in [5.74, 6) is -4.61. The van der Waals surface area contributed by atoms with E-state index in [1.54, 1.807) is 20.8 Å². The normalized spacial score (nSPS) is 19.9. The fourth-order valence-corrected chi connectivity index (χ4v) is 1.98. The van der Waals surface area contributed by atoms with Crippen molar-refractivity contribution < 1.29 is 34.2 Å².